The fourth-order valence-electron chi connectivity index (χ4n) is 2.86. The van der Waals surface area contributed by atoms with Crippen molar-refractivity contribution < 1.29 is 14.7 Å². The van der Waals surface area contributed by atoms with Crippen LogP contribution >= 0.6 is 11.6 Å². The molecule has 1 amide bonds. The highest BCUT2D eigenvalue weighted by Gasteiger charge is 2.42. The fraction of sp³-hybridized carbons (Fsp3) is 0.167. The van der Waals surface area contributed by atoms with Gasteiger partial charge in [0.25, 0.3) is 5.91 Å². The Morgan fingerprint density at radius 3 is 2.58 bits per heavy atom. The zero-order chi connectivity index (χ0) is 17.3. The van der Waals surface area contributed by atoms with Gasteiger partial charge in [-0.1, -0.05) is 29.8 Å². The molecule has 0 bridgehead atoms. The molecule has 2 aromatic rings. The molecular weight excluding hydrogens is 328 g/mol. The van der Waals surface area contributed by atoms with Crippen molar-refractivity contribution in [2.24, 2.45) is 0 Å². The van der Waals surface area contributed by atoms with Crippen LogP contribution in [0.4, 0.5) is 0 Å². The summed E-state index contributed by atoms with van der Waals surface area (Å²) in [5, 5.41) is 10.7. The summed E-state index contributed by atoms with van der Waals surface area (Å²) in [7, 11) is 0. The summed E-state index contributed by atoms with van der Waals surface area (Å²) in [6.07, 6.45) is 3.29. The third kappa shape index (κ3) is 2.90. The molecule has 1 aliphatic rings. The third-order valence-electron chi connectivity index (χ3n) is 3.94. The molecule has 0 aliphatic carbocycles. The van der Waals surface area contributed by atoms with Gasteiger partial charge in [-0.15, -0.1) is 0 Å². The van der Waals surface area contributed by atoms with Crippen LogP contribution in [0.5, 0.6) is 0 Å². The molecule has 1 aromatic heterocycles. The standard InChI is InChI=1S/C18H15ClN2O3/c1-11(22)15-16(13-4-6-14(19)7-5-13)21(18(24)17(15)23)10-12-3-2-8-20-9-12/h2-9,16,23H,10H2,1H3/t16-/m1/s1. The Hall–Kier alpha value is -2.66. The summed E-state index contributed by atoms with van der Waals surface area (Å²) in [6.45, 7) is 1.58. The van der Waals surface area contributed by atoms with Gasteiger partial charge in [0, 0.05) is 24.0 Å². The van der Waals surface area contributed by atoms with E-state index >= 15 is 0 Å². The van der Waals surface area contributed by atoms with Crippen molar-refractivity contribution in [3.8, 4) is 0 Å². The summed E-state index contributed by atoms with van der Waals surface area (Å²) in [5.41, 5.74) is 1.62. The first-order valence-corrected chi connectivity index (χ1v) is 7.76. The lowest BCUT2D eigenvalue weighted by atomic mass is 9.96. The molecule has 2 heterocycles. The van der Waals surface area contributed by atoms with E-state index in [1.807, 2.05) is 6.07 Å². The SMILES string of the molecule is CC(=O)C1=C(O)C(=O)N(Cc2cccnc2)[C@@H]1c1ccc(Cl)cc1. The molecule has 0 saturated carbocycles. The molecule has 122 valence electrons. The first kappa shape index (κ1) is 16.2. The van der Waals surface area contributed by atoms with E-state index in [0.717, 1.165) is 5.56 Å². The number of hydrogen-bond acceptors (Lipinski definition) is 4. The van der Waals surface area contributed by atoms with Crippen LogP contribution in [0.1, 0.15) is 24.1 Å². The Morgan fingerprint density at radius 2 is 2.00 bits per heavy atom. The van der Waals surface area contributed by atoms with Gasteiger partial charge in [0.15, 0.2) is 11.5 Å². The Morgan fingerprint density at radius 1 is 1.29 bits per heavy atom. The Labute approximate surface area is 144 Å². The first-order chi connectivity index (χ1) is 11.5. The van der Waals surface area contributed by atoms with Gasteiger partial charge in [-0.05, 0) is 36.2 Å². The second kappa shape index (κ2) is 6.45. The van der Waals surface area contributed by atoms with Crippen molar-refractivity contribution in [3.05, 3.63) is 76.3 Å². The molecule has 24 heavy (non-hydrogen) atoms. The van der Waals surface area contributed by atoms with Gasteiger partial charge in [0.2, 0.25) is 0 Å². The van der Waals surface area contributed by atoms with Crippen LogP contribution < -0.4 is 0 Å². The summed E-state index contributed by atoms with van der Waals surface area (Å²) >= 11 is 5.92. The summed E-state index contributed by atoms with van der Waals surface area (Å²) in [5.74, 6) is -1.40. The minimum Gasteiger partial charge on any atom is -0.503 e. The molecule has 0 saturated heterocycles. The van der Waals surface area contributed by atoms with Crippen LogP contribution in [0.15, 0.2) is 60.1 Å². The van der Waals surface area contributed by atoms with E-state index < -0.39 is 17.7 Å². The maximum Gasteiger partial charge on any atom is 0.290 e. The third-order valence-corrected chi connectivity index (χ3v) is 4.20. The highest BCUT2D eigenvalue weighted by molar-refractivity contribution is 6.30. The Balaban J connectivity index is 2.04. The van der Waals surface area contributed by atoms with Crippen LogP contribution in [-0.4, -0.2) is 26.7 Å². The van der Waals surface area contributed by atoms with Gasteiger partial charge in [-0.3, -0.25) is 14.6 Å². The molecule has 5 nitrogen and oxygen atoms in total. The van der Waals surface area contributed by atoms with E-state index in [1.54, 1.807) is 42.7 Å². The van der Waals surface area contributed by atoms with Crippen LogP contribution in [-0.2, 0) is 16.1 Å². The molecule has 0 unspecified atom stereocenters. The van der Waals surface area contributed by atoms with Crippen molar-refractivity contribution in [2.45, 2.75) is 19.5 Å². The number of amides is 1. The lowest BCUT2D eigenvalue weighted by Crippen LogP contribution is -2.30. The number of pyridine rings is 1. The van der Waals surface area contributed by atoms with Crippen molar-refractivity contribution in [2.75, 3.05) is 0 Å². The second-order valence-corrected chi connectivity index (χ2v) is 6.00. The number of nitrogens with zero attached hydrogens (tertiary/aromatic N) is 2. The number of halogens is 1. The van der Waals surface area contributed by atoms with Crippen molar-refractivity contribution in [1.29, 1.82) is 0 Å². The number of carbonyl (C=O) groups is 2. The smallest absolute Gasteiger partial charge is 0.290 e. The number of rotatable bonds is 4. The summed E-state index contributed by atoms with van der Waals surface area (Å²) < 4.78 is 0. The number of benzene rings is 1. The molecule has 0 fully saturated rings. The Bertz CT molecular complexity index is 816. The van der Waals surface area contributed by atoms with Crippen molar-refractivity contribution >= 4 is 23.3 Å². The van der Waals surface area contributed by atoms with Crippen LogP contribution in [0.25, 0.3) is 0 Å². The lowest BCUT2D eigenvalue weighted by molar-refractivity contribution is -0.130. The zero-order valence-corrected chi connectivity index (χ0v) is 13.7. The zero-order valence-electron chi connectivity index (χ0n) is 12.9. The van der Waals surface area contributed by atoms with E-state index in [0.29, 0.717) is 10.6 Å². The maximum atomic E-state index is 12.5. The molecule has 0 spiro atoms. The van der Waals surface area contributed by atoms with E-state index in [1.165, 1.54) is 11.8 Å². The average molecular weight is 343 g/mol. The molecule has 0 radical (unpaired) electrons. The van der Waals surface area contributed by atoms with E-state index in [4.69, 9.17) is 11.6 Å². The van der Waals surface area contributed by atoms with Crippen molar-refractivity contribution in [1.82, 2.24) is 9.88 Å². The quantitative estimate of drug-likeness (QED) is 0.926. The molecule has 1 N–H and O–H groups in total. The molecule has 1 atom stereocenters. The first-order valence-electron chi connectivity index (χ1n) is 7.38. The van der Waals surface area contributed by atoms with Crippen molar-refractivity contribution in [3.63, 3.8) is 0 Å². The van der Waals surface area contributed by atoms with E-state index in [9.17, 15) is 14.7 Å². The van der Waals surface area contributed by atoms with Gasteiger partial charge in [0.05, 0.1) is 11.6 Å². The monoisotopic (exact) mass is 342 g/mol. The maximum absolute atomic E-state index is 12.5. The van der Waals surface area contributed by atoms with Gasteiger partial charge in [-0.2, -0.15) is 0 Å². The molecule has 1 aliphatic heterocycles. The predicted molar refractivity (Wildman–Crippen MR) is 89.3 cm³/mol. The summed E-state index contributed by atoms with van der Waals surface area (Å²) in [4.78, 5) is 30.0. The van der Waals surface area contributed by atoms with E-state index in [2.05, 4.69) is 4.98 Å². The second-order valence-electron chi connectivity index (χ2n) is 5.57. The molecule has 1 aromatic carbocycles. The minimum atomic E-state index is -0.646. The highest BCUT2D eigenvalue weighted by Crippen LogP contribution is 2.38. The van der Waals surface area contributed by atoms with Crippen LogP contribution in [0.2, 0.25) is 5.02 Å². The number of carbonyl (C=O) groups excluding carboxylic acids is 2. The predicted octanol–water partition coefficient (Wildman–Crippen LogP) is 3.22. The lowest BCUT2D eigenvalue weighted by Gasteiger charge is -2.26. The topological polar surface area (TPSA) is 70.5 Å². The number of ketones is 1. The molecule has 6 heteroatoms. The van der Waals surface area contributed by atoms with Crippen LogP contribution in [0.3, 0.4) is 0 Å². The number of Topliss-reactive ketones (excluding diaryl/α,β-unsaturated/α-hetero) is 1. The van der Waals surface area contributed by atoms with E-state index in [-0.39, 0.29) is 17.9 Å². The normalized spacial score (nSPS) is 17.5. The fourth-order valence-corrected chi connectivity index (χ4v) is 2.98. The van der Waals surface area contributed by atoms with Gasteiger partial charge < -0.3 is 10.0 Å². The van der Waals surface area contributed by atoms with Crippen LogP contribution in [0, 0.1) is 0 Å². The number of aliphatic hydroxyl groups is 1. The highest BCUT2D eigenvalue weighted by atomic mass is 35.5. The van der Waals surface area contributed by atoms with Gasteiger partial charge in [0.1, 0.15) is 0 Å². The van der Waals surface area contributed by atoms with Gasteiger partial charge >= 0.3 is 0 Å². The molecular formula is C18H15ClN2O3. The average Bonchev–Trinajstić information content (AvgIpc) is 2.82. The van der Waals surface area contributed by atoms with Gasteiger partial charge in [-0.25, -0.2) is 0 Å². The number of aromatic nitrogens is 1. The number of hydrogen-bond donors (Lipinski definition) is 1. The number of aliphatic hydroxyl groups excluding tert-OH is 1. The summed E-state index contributed by atoms with van der Waals surface area (Å²) in [6, 6.07) is 9.84. The largest absolute Gasteiger partial charge is 0.503 e. The Kier molecular flexibility index (Phi) is 4.36. The molecule has 3 rings (SSSR count). The minimum absolute atomic E-state index is 0.103.